The number of thioether (sulfide) groups is 1. The number of methoxy groups -OCH3 is 1. The van der Waals surface area contributed by atoms with Crippen LogP contribution in [0.3, 0.4) is 0 Å². The fourth-order valence-electron chi connectivity index (χ4n) is 1.49. The summed E-state index contributed by atoms with van der Waals surface area (Å²) in [7, 11) is 1.65. The van der Waals surface area contributed by atoms with Crippen molar-refractivity contribution in [3.05, 3.63) is 30.1 Å². The number of hydrogen-bond acceptors (Lipinski definition) is 4. The van der Waals surface area contributed by atoms with Crippen LogP contribution in [0.1, 0.15) is 6.42 Å². The highest BCUT2D eigenvalue weighted by Gasteiger charge is 2.04. The number of rotatable bonds is 10. The lowest BCUT2D eigenvalue weighted by atomic mass is 10.3. The largest absolute Gasteiger partial charge is 0.383 e. The maximum atomic E-state index is 13.3. The van der Waals surface area contributed by atoms with Crippen LogP contribution in [0.5, 0.6) is 0 Å². The molecule has 0 heterocycles. The van der Waals surface area contributed by atoms with Crippen LogP contribution in [0.25, 0.3) is 0 Å². The molecular formula is C14H22ClFN2O2S. The molecule has 2 N–H and O–H groups in total. The van der Waals surface area contributed by atoms with Gasteiger partial charge in [-0.15, -0.1) is 24.2 Å². The molecule has 120 valence electrons. The molecule has 0 unspecified atom stereocenters. The van der Waals surface area contributed by atoms with E-state index in [1.54, 1.807) is 25.3 Å². The first-order valence-corrected chi connectivity index (χ1v) is 7.56. The number of carbonyl (C=O) groups is 1. The smallest absolute Gasteiger partial charge is 0.220 e. The van der Waals surface area contributed by atoms with Gasteiger partial charge in [0.05, 0.1) is 6.61 Å². The first-order valence-electron chi connectivity index (χ1n) is 6.57. The van der Waals surface area contributed by atoms with E-state index in [4.69, 9.17) is 4.74 Å². The Bertz CT molecular complexity index is 410. The number of benzene rings is 1. The van der Waals surface area contributed by atoms with Crippen LogP contribution in [0.4, 0.5) is 4.39 Å². The highest BCUT2D eigenvalue weighted by Crippen LogP contribution is 2.21. The van der Waals surface area contributed by atoms with Gasteiger partial charge in [-0.3, -0.25) is 4.79 Å². The molecule has 0 aromatic heterocycles. The number of halogens is 2. The molecule has 0 aliphatic carbocycles. The summed E-state index contributed by atoms with van der Waals surface area (Å²) in [5, 5.41) is 5.95. The third kappa shape index (κ3) is 9.68. The Labute approximate surface area is 135 Å². The SMILES string of the molecule is COCCNCCNC(=O)CCSc1ccccc1F.Cl. The van der Waals surface area contributed by atoms with Crippen molar-refractivity contribution in [3.63, 3.8) is 0 Å². The van der Waals surface area contributed by atoms with E-state index in [1.165, 1.54) is 17.8 Å². The standard InChI is InChI=1S/C14H21FN2O2S.ClH/c1-19-10-9-16-7-8-17-14(18)6-11-20-13-5-3-2-4-12(13)15;/h2-5,16H,6-11H2,1H3,(H,17,18);1H. The van der Waals surface area contributed by atoms with Crippen molar-refractivity contribution in [3.8, 4) is 0 Å². The van der Waals surface area contributed by atoms with E-state index in [1.807, 2.05) is 0 Å². The van der Waals surface area contributed by atoms with Crippen LogP contribution in [-0.4, -0.2) is 45.0 Å². The average Bonchev–Trinajstić information content (AvgIpc) is 2.45. The van der Waals surface area contributed by atoms with E-state index in [2.05, 4.69) is 10.6 Å². The summed E-state index contributed by atoms with van der Waals surface area (Å²) in [6.07, 6.45) is 0.386. The molecule has 1 aromatic carbocycles. The van der Waals surface area contributed by atoms with Crippen molar-refractivity contribution in [2.75, 3.05) is 39.1 Å². The second-order valence-corrected chi connectivity index (χ2v) is 5.26. The lowest BCUT2D eigenvalue weighted by Crippen LogP contribution is -2.33. The molecule has 0 aliphatic heterocycles. The minimum atomic E-state index is -0.236. The van der Waals surface area contributed by atoms with Gasteiger partial charge in [0.1, 0.15) is 5.82 Å². The molecule has 4 nitrogen and oxygen atoms in total. The molecule has 0 fully saturated rings. The molecule has 1 aromatic rings. The Morgan fingerprint density at radius 2 is 2.05 bits per heavy atom. The summed E-state index contributed by atoms with van der Waals surface area (Å²) in [5.41, 5.74) is 0. The van der Waals surface area contributed by atoms with E-state index in [0.29, 0.717) is 30.2 Å². The van der Waals surface area contributed by atoms with Gasteiger partial charge in [-0.05, 0) is 12.1 Å². The molecule has 0 bridgehead atoms. The first kappa shape index (κ1) is 20.2. The zero-order valence-corrected chi connectivity index (χ0v) is 13.7. The molecule has 0 saturated heterocycles. The van der Waals surface area contributed by atoms with Crippen molar-refractivity contribution in [1.29, 1.82) is 0 Å². The second-order valence-electron chi connectivity index (χ2n) is 4.12. The van der Waals surface area contributed by atoms with Crippen molar-refractivity contribution in [2.45, 2.75) is 11.3 Å². The van der Waals surface area contributed by atoms with Crippen molar-refractivity contribution < 1.29 is 13.9 Å². The minimum absolute atomic E-state index is 0. The van der Waals surface area contributed by atoms with Crippen LogP contribution in [0.2, 0.25) is 0 Å². The molecule has 1 rings (SSSR count). The van der Waals surface area contributed by atoms with Crippen molar-refractivity contribution in [2.24, 2.45) is 0 Å². The van der Waals surface area contributed by atoms with Gasteiger partial charge in [0, 0.05) is 43.8 Å². The topological polar surface area (TPSA) is 50.4 Å². The molecule has 21 heavy (non-hydrogen) atoms. The monoisotopic (exact) mass is 336 g/mol. The van der Waals surface area contributed by atoms with E-state index in [0.717, 1.165) is 13.1 Å². The lowest BCUT2D eigenvalue weighted by molar-refractivity contribution is -0.120. The maximum Gasteiger partial charge on any atom is 0.220 e. The Morgan fingerprint density at radius 3 is 2.76 bits per heavy atom. The zero-order valence-electron chi connectivity index (χ0n) is 12.1. The van der Waals surface area contributed by atoms with Crippen LogP contribution in [-0.2, 0) is 9.53 Å². The van der Waals surface area contributed by atoms with Gasteiger partial charge in [0.25, 0.3) is 0 Å². The molecule has 0 atom stereocenters. The molecule has 0 saturated carbocycles. The number of amides is 1. The Morgan fingerprint density at radius 1 is 1.29 bits per heavy atom. The summed E-state index contributed by atoms with van der Waals surface area (Å²) >= 11 is 1.36. The molecule has 0 radical (unpaired) electrons. The molecule has 7 heteroatoms. The average molecular weight is 337 g/mol. The summed E-state index contributed by atoms with van der Waals surface area (Å²) in [6, 6.07) is 6.59. The summed E-state index contributed by atoms with van der Waals surface area (Å²) in [5.74, 6) is 0.326. The fourth-order valence-corrected chi connectivity index (χ4v) is 2.38. The Balaban J connectivity index is 0.00000400. The van der Waals surface area contributed by atoms with E-state index < -0.39 is 0 Å². The zero-order chi connectivity index (χ0) is 14.6. The summed E-state index contributed by atoms with van der Waals surface area (Å²) < 4.78 is 18.2. The van der Waals surface area contributed by atoms with Gasteiger partial charge in [0.15, 0.2) is 0 Å². The van der Waals surface area contributed by atoms with Crippen LogP contribution >= 0.6 is 24.2 Å². The Kier molecular flexibility index (Phi) is 12.4. The summed E-state index contributed by atoms with van der Waals surface area (Å²) in [6.45, 7) is 2.74. The fraction of sp³-hybridized carbons (Fsp3) is 0.500. The van der Waals surface area contributed by atoms with Gasteiger partial charge in [-0.1, -0.05) is 12.1 Å². The predicted molar refractivity (Wildman–Crippen MR) is 86.7 cm³/mol. The number of carbonyl (C=O) groups excluding carboxylic acids is 1. The maximum absolute atomic E-state index is 13.3. The molecule has 0 spiro atoms. The highest BCUT2D eigenvalue weighted by molar-refractivity contribution is 7.99. The number of hydrogen-bond donors (Lipinski definition) is 2. The lowest BCUT2D eigenvalue weighted by Gasteiger charge is -2.06. The van der Waals surface area contributed by atoms with E-state index in [-0.39, 0.29) is 24.1 Å². The molecule has 0 aliphatic rings. The third-order valence-electron chi connectivity index (χ3n) is 2.53. The van der Waals surface area contributed by atoms with Gasteiger partial charge < -0.3 is 15.4 Å². The Hall–Kier alpha value is -0.820. The molecular weight excluding hydrogens is 315 g/mol. The van der Waals surface area contributed by atoms with Gasteiger partial charge in [0.2, 0.25) is 5.91 Å². The van der Waals surface area contributed by atoms with Crippen LogP contribution in [0, 0.1) is 5.82 Å². The van der Waals surface area contributed by atoms with Crippen molar-refractivity contribution >= 4 is 30.1 Å². The molecule has 1 amide bonds. The minimum Gasteiger partial charge on any atom is -0.383 e. The normalized spacial score (nSPS) is 10.0. The number of ether oxygens (including phenoxy) is 1. The third-order valence-corrected chi connectivity index (χ3v) is 3.58. The van der Waals surface area contributed by atoms with Crippen LogP contribution < -0.4 is 10.6 Å². The van der Waals surface area contributed by atoms with Gasteiger partial charge in [-0.2, -0.15) is 0 Å². The van der Waals surface area contributed by atoms with Gasteiger partial charge in [-0.25, -0.2) is 4.39 Å². The van der Waals surface area contributed by atoms with Crippen LogP contribution in [0.15, 0.2) is 29.2 Å². The van der Waals surface area contributed by atoms with Crippen molar-refractivity contribution in [1.82, 2.24) is 10.6 Å². The van der Waals surface area contributed by atoms with E-state index >= 15 is 0 Å². The second kappa shape index (κ2) is 12.9. The number of nitrogens with one attached hydrogen (secondary N) is 2. The predicted octanol–water partition coefficient (Wildman–Crippen LogP) is 2.08. The van der Waals surface area contributed by atoms with Gasteiger partial charge >= 0.3 is 0 Å². The quantitative estimate of drug-likeness (QED) is 0.507. The first-order chi connectivity index (χ1) is 9.74. The van der Waals surface area contributed by atoms with E-state index in [9.17, 15) is 9.18 Å². The summed E-state index contributed by atoms with van der Waals surface area (Å²) in [4.78, 5) is 12.1. The highest BCUT2D eigenvalue weighted by atomic mass is 35.5.